The van der Waals surface area contributed by atoms with Crippen molar-refractivity contribution < 1.29 is 23.1 Å². The van der Waals surface area contributed by atoms with E-state index in [0.29, 0.717) is 44.2 Å². The first kappa shape index (κ1) is 18.9. The molecule has 1 N–H and O–H groups in total. The minimum atomic E-state index is -3.87. The molecule has 0 bridgehead atoms. The van der Waals surface area contributed by atoms with E-state index in [9.17, 15) is 23.1 Å². The average molecular weight is 379 g/mol. The predicted molar refractivity (Wildman–Crippen MR) is 96.6 cm³/mol. The van der Waals surface area contributed by atoms with Gasteiger partial charge in [-0.3, -0.25) is 9.59 Å². The number of benzene rings is 1. The van der Waals surface area contributed by atoms with E-state index in [1.165, 1.54) is 4.90 Å². The van der Waals surface area contributed by atoms with Crippen molar-refractivity contribution in [2.75, 3.05) is 13.1 Å². The van der Waals surface area contributed by atoms with Crippen molar-refractivity contribution in [2.45, 2.75) is 55.6 Å². The van der Waals surface area contributed by atoms with Crippen LogP contribution >= 0.6 is 0 Å². The number of amides is 1. The molecule has 1 aliphatic heterocycles. The van der Waals surface area contributed by atoms with Crippen LogP contribution in [-0.2, 0) is 19.4 Å². The standard InChI is InChI=1S/C19H25NO5S/c1-13-5-6-14(2)16(11-13)26(24,25)19(8-3-4-9-19)18(23)20-10-7-15(12-20)17(21)22/h5-6,11,15H,3-4,7-10,12H2,1-2H3,(H,21,22). The van der Waals surface area contributed by atoms with E-state index in [1.807, 2.05) is 13.0 Å². The Balaban J connectivity index is 2.01. The Labute approximate surface area is 154 Å². The summed E-state index contributed by atoms with van der Waals surface area (Å²) in [4.78, 5) is 26.2. The lowest BCUT2D eigenvalue weighted by atomic mass is 10.1. The zero-order chi connectivity index (χ0) is 19.1. The molecule has 1 aromatic rings. The lowest BCUT2D eigenvalue weighted by Crippen LogP contribution is -2.52. The van der Waals surface area contributed by atoms with E-state index < -0.39 is 32.4 Å². The fraction of sp³-hybridized carbons (Fsp3) is 0.579. The maximum absolute atomic E-state index is 13.6. The van der Waals surface area contributed by atoms with Crippen LogP contribution in [0.3, 0.4) is 0 Å². The van der Waals surface area contributed by atoms with E-state index in [-0.39, 0.29) is 11.4 Å². The van der Waals surface area contributed by atoms with Crippen molar-refractivity contribution in [3.63, 3.8) is 0 Å². The maximum Gasteiger partial charge on any atom is 0.308 e. The molecule has 2 fully saturated rings. The normalized spacial score (nSPS) is 22.5. The molecule has 7 heteroatoms. The highest BCUT2D eigenvalue weighted by Crippen LogP contribution is 2.43. The second-order valence-electron chi connectivity index (χ2n) is 7.55. The van der Waals surface area contributed by atoms with E-state index in [0.717, 1.165) is 5.56 Å². The molecule has 1 atom stereocenters. The number of carbonyl (C=O) groups excluding carboxylic acids is 1. The Morgan fingerprint density at radius 1 is 1.19 bits per heavy atom. The van der Waals surface area contributed by atoms with Gasteiger partial charge in [0, 0.05) is 13.1 Å². The highest BCUT2D eigenvalue weighted by molar-refractivity contribution is 7.93. The fourth-order valence-electron chi connectivity index (χ4n) is 4.19. The molecular formula is C19H25NO5S. The zero-order valence-electron chi connectivity index (χ0n) is 15.2. The number of rotatable bonds is 4. The number of sulfone groups is 1. The number of aliphatic carboxylic acids is 1. The summed E-state index contributed by atoms with van der Waals surface area (Å²) < 4.78 is 25.7. The molecule has 6 nitrogen and oxygen atoms in total. The smallest absolute Gasteiger partial charge is 0.308 e. The second-order valence-corrected chi connectivity index (χ2v) is 9.78. The van der Waals surface area contributed by atoms with Gasteiger partial charge in [0.25, 0.3) is 0 Å². The lowest BCUT2D eigenvalue weighted by Gasteiger charge is -2.32. The van der Waals surface area contributed by atoms with Gasteiger partial charge in [0.2, 0.25) is 5.91 Å². The van der Waals surface area contributed by atoms with Gasteiger partial charge in [-0.1, -0.05) is 25.0 Å². The van der Waals surface area contributed by atoms with Crippen molar-refractivity contribution in [1.82, 2.24) is 4.90 Å². The quantitative estimate of drug-likeness (QED) is 0.867. The summed E-state index contributed by atoms with van der Waals surface area (Å²) in [6.45, 7) is 3.98. The maximum atomic E-state index is 13.6. The fourth-order valence-corrected chi connectivity index (χ4v) is 6.62. The van der Waals surface area contributed by atoms with Gasteiger partial charge in [-0.2, -0.15) is 0 Å². The monoisotopic (exact) mass is 379 g/mol. The number of likely N-dealkylation sites (tertiary alicyclic amines) is 1. The Bertz CT molecular complexity index is 839. The molecule has 1 saturated heterocycles. The van der Waals surface area contributed by atoms with Crippen LogP contribution in [-0.4, -0.2) is 48.1 Å². The molecule has 3 rings (SSSR count). The molecule has 0 spiro atoms. The number of aryl methyl sites for hydroxylation is 2. The molecule has 1 aliphatic carbocycles. The minimum absolute atomic E-state index is 0.0955. The van der Waals surface area contributed by atoms with Gasteiger partial charge < -0.3 is 10.0 Å². The van der Waals surface area contributed by atoms with Crippen LogP contribution in [0.15, 0.2) is 23.1 Å². The van der Waals surface area contributed by atoms with Gasteiger partial charge in [0.05, 0.1) is 10.8 Å². The molecule has 1 unspecified atom stereocenters. The van der Waals surface area contributed by atoms with Crippen LogP contribution < -0.4 is 0 Å². The largest absolute Gasteiger partial charge is 0.481 e. The van der Waals surface area contributed by atoms with Crippen molar-refractivity contribution >= 4 is 21.7 Å². The summed E-state index contributed by atoms with van der Waals surface area (Å²) >= 11 is 0. The van der Waals surface area contributed by atoms with Gasteiger partial charge in [-0.15, -0.1) is 0 Å². The first-order valence-electron chi connectivity index (χ1n) is 9.03. The summed E-state index contributed by atoms with van der Waals surface area (Å²) in [5.41, 5.74) is 1.47. The number of carbonyl (C=O) groups is 2. The van der Waals surface area contributed by atoms with Crippen molar-refractivity contribution in [2.24, 2.45) is 5.92 Å². The Kier molecular flexibility index (Phi) is 4.86. The summed E-state index contributed by atoms with van der Waals surface area (Å²) in [7, 11) is -3.87. The van der Waals surface area contributed by atoms with Crippen molar-refractivity contribution in [1.29, 1.82) is 0 Å². The summed E-state index contributed by atoms with van der Waals surface area (Å²) in [6.07, 6.45) is 2.35. The van der Waals surface area contributed by atoms with Crippen molar-refractivity contribution in [3.05, 3.63) is 29.3 Å². The van der Waals surface area contributed by atoms with Gasteiger partial charge in [0.15, 0.2) is 14.6 Å². The summed E-state index contributed by atoms with van der Waals surface area (Å²) in [5.74, 6) is -1.96. The molecule has 0 aromatic heterocycles. The first-order chi connectivity index (χ1) is 12.2. The minimum Gasteiger partial charge on any atom is -0.481 e. The molecule has 1 amide bonds. The van der Waals surface area contributed by atoms with Crippen LogP contribution in [0, 0.1) is 19.8 Å². The molecule has 2 aliphatic rings. The molecule has 1 aromatic carbocycles. The molecular weight excluding hydrogens is 354 g/mol. The SMILES string of the molecule is Cc1ccc(C)c(S(=O)(=O)C2(C(=O)N3CCC(C(=O)O)C3)CCCC2)c1. The summed E-state index contributed by atoms with van der Waals surface area (Å²) in [5, 5.41) is 9.19. The van der Waals surface area contributed by atoms with E-state index in [2.05, 4.69) is 0 Å². The number of carboxylic acid groups (broad SMARTS) is 1. The zero-order valence-corrected chi connectivity index (χ0v) is 16.0. The van der Waals surface area contributed by atoms with Crippen LogP contribution in [0.5, 0.6) is 0 Å². The number of carboxylic acids is 1. The lowest BCUT2D eigenvalue weighted by molar-refractivity contribution is -0.141. The van der Waals surface area contributed by atoms with E-state index in [4.69, 9.17) is 0 Å². The molecule has 1 heterocycles. The molecule has 0 radical (unpaired) electrons. The van der Waals surface area contributed by atoms with Gasteiger partial charge in [-0.05, 0) is 50.3 Å². The number of hydrogen-bond acceptors (Lipinski definition) is 4. The Morgan fingerprint density at radius 3 is 2.42 bits per heavy atom. The highest BCUT2D eigenvalue weighted by atomic mass is 32.2. The Hall–Kier alpha value is -1.89. The molecule has 142 valence electrons. The number of hydrogen-bond donors (Lipinski definition) is 1. The molecule has 26 heavy (non-hydrogen) atoms. The van der Waals surface area contributed by atoms with Gasteiger partial charge in [-0.25, -0.2) is 8.42 Å². The Morgan fingerprint density at radius 2 is 1.85 bits per heavy atom. The second kappa shape index (κ2) is 6.68. The van der Waals surface area contributed by atoms with Crippen LogP contribution in [0.1, 0.15) is 43.2 Å². The third-order valence-corrected chi connectivity index (χ3v) is 8.40. The third kappa shape index (κ3) is 2.92. The van der Waals surface area contributed by atoms with Crippen molar-refractivity contribution in [3.8, 4) is 0 Å². The van der Waals surface area contributed by atoms with E-state index in [1.54, 1.807) is 19.1 Å². The predicted octanol–water partition coefficient (Wildman–Crippen LogP) is 2.32. The van der Waals surface area contributed by atoms with Crippen LogP contribution in [0.4, 0.5) is 0 Å². The first-order valence-corrected chi connectivity index (χ1v) is 10.5. The van der Waals surface area contributed by atoms with E-state index >= 15 is 0 Å². The highest BCUT2D eigenvalue weighted by Gasteiger charge is 2.55. The molecule has 1 saturated carbocycles. The third-order valence-electron chi connectivity index (χ3n) is 5.77. The average Bonchev–Trinajstić information content (AvgIpc) is 3.26. The topological polar surface area (TPSA) is 91.8 Å². The van der Waals surface area contributed by atoms with Crippen LogP contribution in [0.2, 0.25) is 0 Å². The number of nitrogens with zero attached hydrogens (tertiary/aromatic N) is 1. The van der Waals surface area contributed by atoms with Gasteiger partial charge in [0.1, 0.15) is 0 Å². The summed E-state index contributed by atoms with van der Waals surface area (Å²) in [6, 6.07) is 5.27. The van der Waals surface area contributed by atoms with Crippen LogP contribution in [0.25, 0.3) is 0 Å². The van der Waals surface area contributed by atoms with Gasteiger partial charge >= 0.3 is 5.97 Å².